The van der Waals surface area contributed by atoms with E-state index < -0.39 is 6.04 Å². The molecule has 1 heterocycles. The van der Waals surface area contributed by atoms with Gasteiger partial charge in [0.25, 0.3) is 0 Å². The molecule has 1 amide bonds. The van der Waals surface area contributed by atoms with Gasteiger partial charge in [0, 0.05) is 18.9 Å². The van der Waals surface area contributed by atoms with Gasteiger partial charge >= 0.3 is 0 Å². The highest BCUT2D eigenvalue weighted by Crippen LogP contribution is 2.17. The van der Waals surface area contributed by atoms with Crippen molar-refractivity contribution in [2.45, 2.75) is 40.3 Å². The van der Waals surface area contributed by atoms with E-state index in [4.69, 9.17) is 5.73 Å². The highest BCUT2D eigenvalue weighted by molar-refractivity contribution is 5.82. The second-order valence-corrected chi connectivity index (χ2v) is 5.36. The van der Waals surface area contributed by atoms with E-state index in [0.29, 0.717) is 6.54 Å². The van der Waals surface area contributed by atoms with Gasteiger partial charge < -0.3 is 11.1 Å². The number of pyridine rings is 1. The Balaban J connectivity index is 2.58. The third kappa shape index (κ3) is 3.82. The zero-order valence-corrected chi connectivity index (χ0v) is 10.9. The number of hydrogen-bond acceptors (Lipinski definition) is 3. The van der Waals surface area contributed by atoms with Crippen LogP contribution in [0.25, 0.3) is 0 Å². The maximum Gasteiger partial charge on any atom is 0.237 e. The number of nitrogens with zero attached hydrogens (tertiary/aromatic N) is 1. The van der Waals surface area contributed by atoms with Crippen LogP contribution in [0, 0.1) is 12.3 Å². The fourth-order valence-electron chi connectivity index (χ4n) is 1.39. The van der Waals surface area contributed by atoms with Gasteiger partial charge in [-0.15, -0.1) is 0 Å². The first-order valence-electron chi connectivity index (χ1n) is 5.75. The molecule has 0 aliphatic heterocycles. The van der Waals surface area contributed by atoms with Crippen LogP contribution in [0.5, 0.6) is 0 Å². The molecule has 0 aromatic carbocycles. The quantitative estimate of drug-likeness (QED) is 0.831. The lowest BCUT2D eigenvalue weighted by Crippen LogP contribution is -2.48. The van der Waals surface area contributed by atoms with Crippen molar-refractivity contribution in [2.75, 3.05) is 0 Å². The summed E-state index contributed by atoms with van der Waals surface area (Å²) in [6.45, 7) is 8.33. The second kappa shape index (κ2) is 5.27. The molecule has 0 fully saturated rings. The van der Waals surface area contributed by atoms with Crippen molar-refractivity contribution in [1.82, 2.24) is 10.3 Å². The number of aryl methyl sites for hydroxylation is 1. The second-order valence-electron chi connectivity index (χ2n) is 5.36. The average molecular weight is 235 g/mol. The van der Waals surface area contributed by atoms with Gasteiger partial charge in [0.05, 0.1) is 6.04 Å². The standard InChI is InChI=1S/C13H21N3O/c1-9-7-15-6-5-10(9)8-16-12(17)11(14)13(2,3)4/h5-7,11H,8,14H2,1-4H3,(H,16,17)/t11-/m0/s1. The molecule has 1 rings (SSSR count). The van der Waals surface area contributed by atoms with Crippen molar-refractivity contribution >= 4 is 5.91 Å². The Morgan fingerprint density at radius 1 is 1.53 bits per heavy atom. The lowest BCUT2D eigenvalue weighted by molar-refractivity contribution is -0.124. The summed E-state index contributed by atoms with van der Waals surface area (Å²) in [5.74, 6) is -0.117. The predicted molar refractivity (Wildman–Crippen MR) is 68.3 cm³/mol. The van der Waals surface area contributed by atoms with Crippen molar-refractivity contribution in [3.05, 3.63) is 29.6 Å². The molecular weight excluding hydrogens is 214 g/mol. The summed E-state index contributed by atoms with van der Waals surface area (Å²) >= 11 is 0. The summed E-state index contributed by atoms with van der Waals surface area (Å²) in [6.07, 6.45) is 3.50. The topological polar surface area (TPSA) is 68.0 Å². The van der Waals surface area contributed by atoms with Crippen LogP contribution in [0.1, 0.15) is 31.9 Å². The monoisotopic (exact) mass is 235 g/mol. The van der Waals surface area contributed by atoms with Crippen LogP contribution in [0.4, 0.5) is 0 Å². The number of hydrogen-bond donors (Lipinski definition) is 2. The number of amides is 1. The Bertz CT molecular complexity index is 396. The Hall–Kier alpha value is -1.42. The van der Waals surface area contributed by atoms with Crippen molar-refractivity contribution in [2.24, 2.45) is 11.1 Å². The van der Waals surface area contributed by atoms with Gasteiger partial charge in [-0.25, -0.2) is 0 Å². The first-order chi connectivity index (χ1) is 7.82. The van der Waals surface area contributed by atoms with Gasteiger partial charge in [-0.1, -0.05) is 20.8 Å². The fraction of sp³-hybridized carbons (Fsp3) is 0.538. The van der Waals surface area contributed by atoms with Crippen LogP contribution in [0.15, 0.2) is 18.5 Å². The molecule has 0 bridgehead atoms. The summed E-state index contributed by atoms with van der Waals surface area (Å²) in [5.41, 5.74) is 7.78. The van der Waals surface area contributed by atoms with Crippen LogP contribution in [-0.4, -0.2) is 16.9 Å². The van der Waals surface area contributed by atoms with E-state index in [1.807, 2.05) is 33.8 Å². The third-order valence-electron chi connectivity index (χ3n) is 2.81. The SMILES string of the molecule is Cc1cnccc1CNC(=O)[C@H](N)C(C)(C)C. The normalized spacial score (nSPS) is 13.2. The van der Waals surface area contributed by atoms with E-state index in [2.05, 4.69) is 10.3 Å². The maximum atomic E-state index is 11.8. The first-order valence-corrected chi connectivity index (χ1v) is 5.75. The first kappa shape index (κ1) is 13.6. The fourth-order valence-corrected chi connectivity index (χ4v) is 1.39. The summed E-state index contributed by atoms with van der Waals surface area (Å²) in [4.78, 5) is 15.8. The molecule has 0 saturated heterocycles. The summed E-state index contributed by atoms with van der Waals surface area (Å²) in [6, 6.07) is 1.41. The van der Waals surface area contributed by atoms with E-state index in [-0.39, 0.29) is 11.3 Å². The van der Waals surface area contributed by atoms with Gasteiger partial charge in [-0.3, -0.25) is 9.78 Å². The smallest absolute Gasteiger partial charge is 0.237 e. The molecule has 0 unspecified atom stereocenters. The Labute approximate surface area is 103 Å². The molecule has 0 aliphatic carbocycles. The number of carbonyl (C=O) groups is 1. The van der Waals surface area contributed by atoms with E-state index in [9.17, 15) is 4.79 Å². The highest BCUT2D eigenvalue weighted by Gasteiger charge is 2.27. The van der Waals surface area contributed by atoms with Gasteiger partial charge in [-0.2, -0.15) is 0 Å². The molecule has 94 valence electrons. The van der Waals surface area contributed by atoms with E-state index in [1.165, 1.54) is 0 Å². The number of nitrogens with two attached hydrogens (primary N) is 1. The van der Waals surface area contributed by atoms with Crippen molar-refractivity contribution < 1.29 is 4.79 Å². The molecule has 1 aromatic rings. The van der Waals surface area contributed by atoms with Gasteiger partial charge in [0.2, 0.25) is 5.91 Å². The lowest BCUT2D eigenvalue weighted by Gasteiger charge is -2.25. The molecule has 0 aliphatic rings. The molecule has 0 radical (unpaired) electrons. The zero-order chi connectivity index (χ0) is 13.1. The zero-order valence-electron chi connectivity index (χ0n) is 10.9. The van der Waals surface area contributed by atoms with Gasteiger partial charge in [0.1, 0.15) is 0 Å². The number of aromatic nitrogens is 1. The molecule has 17 heavy (non-hydrogen) atoms. The molecule has 4 heteroatoms. The molecule has 1 aromatic heterocycles. The minimum Gasteiger partial charge on any atom is -0.351 e. The molecular formula is C13H21N3O. The van der Waals surface area contributed by atoms with Gasteiger partial charge in [0.15, 0.2) is 0 Å². The summed E-state index contributed by atoms with van der Waals surface area (Å²) in [5, 5.41) is 2.85. The van der Waals surface area contributed by atoms with Crippen LogP contribution in [-0.2, 0) is 11.3 Å². The minimum atomic E-state index is -0.496. The number of carbonyl (C=O) groups excluding carboxylic acids is 1. The maximum absolute atomic E-state index is 11.8. The lowest BCUT2D eigenvalue weighted by atomic mass is 9.87. The van der Waals surface area contributed by atoms with Crippen LogP contribution in [0.2, 0.25) is 0 Å². The molecule has 3 N–H and O–H groups in total. The van der Waals surface area contributed by atoms with E-state index >= 15 is 0 Å². The van der Waals surface area contributed by atoms with Crippen molar-refractivity contribution in [1.29, 1.82) is 0 Å². The third-order valence-corrected chi connectivity index (χ3v) is 2.81. The van der Waals surface area contributed by atoms with E-state index in [0.717, 1.165) is 11.1 Å². The molecule has 0 saturated carbocycles. The highest BCUT2D eigenvalue weighted by atomic mass is 16.2. The average Bonchev–Trinajstić information content (AvgIpc) is 2.25. The van der Waals surface area contributed by atoms with Gasteiger partial charge in [-0.05, 0) is 29.5 Å². The largest absolute Gasteiger partial charge is 0.351 e. The molecule has 0 spiro atoms. The van der Waals surface area contributed by atoms with Crippen molar-refractivity contribution in [3.8, 4) is 0 Å². The summed E-state index contributed by atoms with van der Waals surface area (Å²) < 4.78 is 0. The number of nitrogens with one attached hydrogen (secondary N) is 1. The molecule has 1 atom stereocenters. The Morgan fingerprint density at radius 2 is 2.18 bits per heavy atom. The van der Waals surface area contributed by atoms with Crippen LogP contribution < -0.4 is 11.1 Å². The Kier molecular flexibility index (Phi) is 4.23. The van der Waals surface area contributed by atoms with Crippen LogP contribution >= 0.6 is 0 Å². The predicted octanol–water partition coefficient (Wildman–Crippen LogP) is 1.38. The van der Waals surface area contributed by atoms with Crippen LogP contribution in [0.3, 0.4) is 0 Å². The summed E-state index contributed by atoms with van der Waals surface area (Å²) in [7, 11) is 0. The Morgan fingerprint density at radius 3 is 2.71 bits per heavy atom. The van der Waals surface area contributed by atoms with Crippen molar-refractivity contribution in [3.63, 3.8) is 0 Å². The van der Waals surface area contributed by atoms with E-state index in [1.54, 1.807) is 12.4 Å². The molecule has 4 nitrogen and oxygen atoms in total. The minimum absolute atomic E-state index is 0.117. The number of rotatable bonds is 3.